The highest BCUT2D eigenvalue weighted by Gasteiger charge is 2.15. The summed E-state index contributed by atoms with van der Waals surface area (Å²) < 4.78 is 13.5. The Balaban J connectivity index is 2.43. The first kappa shape index (κ1) is 15.6. The molecule has 0 fully saturated rings. The lowest BCUT2D eigenvalue weighted by Crippen LogP contribution is -2.33. The van der Waals surface area contributed by atoms with E-state index in [1.165, 1.54) is 6.07 Å². The van der Waals surface area contributed by atoms with Gasteiger partial charge in [-0.2, -0.15) is 0 Å². The molecule has 2 unspecified atom stereocenters. The van der Waals surface area contributed by atoms with E-state index in [0.29, 0.717) is 24.9 Å². The van der Waals surface area contributed by atoms with Gasteiger partial charge in [0.25, 0.3) is 0 Å². The number of rotatable bonds is 7. The van der Waals surface area contributed by atoms with Crippen LogP contribution in [0.1, 0.15) is 25.8 Å². The Morgan fingerprint density at radius 1 is 1.37 bits per heavy atom. The highest BCUT2D eigenvalue weighted by molar-refractivity contribution is 5.78. The maximum Gasteiger partial charge on any atom is 0.223 e. The van der Waals surface area contributed by atoms with E-state index in [2.05, 4.69) is 5.32 Å². The highest BCUT2D eigenvalue weighted by atomic mass is 19.1. The predicted molar refractivity (Wildman–Crippen MR) is 73.1 cm³/mol. The molecule has 0 aromatic heterocycles. The number of aliphatic hydroxyl groups excluding tert-OH is 1. The summed E-state index contributed by atoms with van der Waals surface area (Å²) in [5.74, 6) is -0.364. The highest BCUT2D eigenvalue weighted by Crippen LogP contribution is 2.12. The average molecular weight is 267 g/mol. The Morgan fingerprint density at radius 3 is 2.68 bits per heavy atom. The van der Waals surface area contributed by atoms with Gasteiger partial charge >= 0.3 is 0 Å². The average Bonchev–Trinajstić information content (AvgIpc) is 2.39. The van der Waals surface area contributed by atoms with Gasteiger partial charge in [-0.15, -0.1) is 0 Å². The lowest BCUT2D eigenvalue weighted by Gasteiger charge is -2.15. The topological polar surface area (TPSA) is 49.3 Å². The van der Waals surface area contributed by atoms with Gasteiger partial charge in [-0.05, 0) is 30.4 Å². The van der Waals surface area contributed by atoms with Crippen LogP contribution in [0.25, 0.3) is 0 Å². The van der Waals surface area contributed by atoms with Crippen molar-refractivity contribution in [3.05, 3.63) is 35.6 Å². The molecule has 106 valence electrons. The first-order chi connectivity index (χ1) is 9.04. The Kier molecular flexibility index (Phi) is 6.50. The van der Waals surface area contributed by atoms with Crippen LogP contribution in [0.5, 0.6) is 0 Å². The summed E-state index contributed by atoms with van der Waals surface area (Å²) in [5.41, 5.74) is 0.563. The van der Waals surface area contributed by atoms with E-state index in [1.54, 1.807) is 25.1 Å². The van der Waals surface area contributed by atoms with Crippen LogP contribution in [0.3, 0.4) is 0 Å². The van der Waals surface area contributed by atoms with E-state index in [1.807, 2.05) is 6.92 Å². The van der Waals surface area contributed by atoms with Crippen LogP contribution in [0.15, 0.2) is 24.3 Å². The van der Waals surface area contributed by atoms with E-state index in [-0.39, 0.29) is 30.2 Å². The van der Waals surface area contributed by atoms with Crippen molar-refractivity contribution >= 4 is 5.91 Å². The van der Waals surface area contributed by atoms with Crippen molar-refractivity contribution in [1.29, 1.82) is 0 Å². The van der Waals surface area contributed by atoms with Gasteiger partial charge in [-0.1, -0.05) is 32.0 Å². The Bertz CT molecular complexity index is 409. The van der Waals surface area contributed by atoms with Crippen molar-refractivity contribution in [2.24, 2.45) is 11.8 Å². The van der Waals surface area contributed by atoms with Gasteiger partial charge in [-0.25, -0.2) is 4.39 Å². The Morgan fingerprint density at radius 2 is 2.05 bits per heavy atom. The minimum Gasteiger partial charge on any atom is -0.396 e. The molecule has 19 heavy (non-hydrogen) atoms. The fourth-order valence-electron chi connectivity index (χ4n) is 1.86. The smallest absolute Gasteiger partial charge is 0.223 e. The summed E-state index contributed by atoms with van der Waals surface area (Å²) in [5, 5.41) is 11.6. The van der Waals surface area contributed by atoms with Gasteiger partial charge in [-0.3, -0.25) is 4.79 Å². The van der Waals surface area contributed by atoms with Crippen LogP contribution in [0.4, 0.5) is 4.39 Å². The fourth-order valence-corrected chi connectivity index (χ4v) is 1.86. The number of nitrogens with one attached hydrogen (secondary N) is 1. The molecule has 0 radical (unpaired) electrons. The number of carbonyl (C=O) groups excluding carboxylic acids is 1. The van der Waals surface area contributed by atoms with Gasteiger partial charge in [0.1, 0.15) is 5.82 Å². The number of halogens is 1. The molecular formula is C15H22FNO2. The lowest BCUT2D eigenvalue weighted by atomic mass is 9.99. The normalized spacial score (nSPS) is 13.9. The third-order valence-corrected chi connectivity index (χ3v) is 3.18. The summed E-state index contributed by atoms with van der Waals surface area (Å²) in [4.78, 5) is 11.9. The minimum atomic E-state index is -0.268. The third kappa shape index (κ3) is 5.39. The summed E-state index contributed by atoms with van der Waals surface area (Å²) in [6, 6.07) is 6.52. The van der Waals surface area contributed by atoms with E-state index in [0.717, 1.165) is 0 Å². The van der Waals surface area contributed by atoms with Crippen LogP contribution < -0.4 is 5.32 Å². The second-order valence-electron chi connectivity index (χ2n) is 5.06. The third-order valence-electron chi connectivity index (χ3n) is 3.18. The molecule has 4 heteroatoms. The van der Waals surface area contributed by atoms with Gasteiger partial charge in [0.2, 0.25) is 5.91 Å². The largest absolute Gasteiger partial charge is 0.396 e. The van der Waals surface area contributed by atoms with Crippen LogP contribution in [0, 0.1) is 17.7 Å². The van der Waals surface area contributed by atoms with Crippen molar-refractivity contribution in [3.8, 4) is 0 Å². The van der Waals surface area contributed by atoms with Crippen LogP contribution in [0.2, 0.25) is 0 Å². The van der Waals surface area contributed by atoms with E-state index < -0.39 is 0 Å². The van der Waals surface area contributed by atoms with Crippen LogP contribution >= 0.6 is 0 Å². The van der Waals surface area contributed by atoms with Gasteiger partial charge < -0.3 is 10.4 Å². The second-order valence-corrected chi connectivity index (χ2v) is 5.06. The van der Waals surface area contributed by atoms with Crippen molar-refractivity contribution in [1.82, 2.24) is 5.32 Å². The number of hydrogen-bond donors (Lipinski definition) is 2. The number of carbonyl (C=O) groups is 1. The summed E-state index contributed by atoms with van der Waals surface area (Å²) in [6.45, 7) is 4.43. The quantitative estimate of drug-likeness (QED) is 0.795. The van der Waals surface area contributed by atoms with Crippen LogP contribution in [-0.2, 0) is 11.2 Å². The molecule has 1 aromatic rings. The SMILES string of the molecule is CC(CCO)CNC(=O)C(C)Cc1ccccc1F. The molecule has 0 spiro atoms. The second kappa shape index (κ2) is 7.89. The molecule has 1 aromatic carbocycles. The monoisotopic (exact) mass is 267 g/mol. The minimum absolute atomic E-state index is 0.0759. The predicted octanol–water partition coefficient (Wildman–Crippen LogP) is 2.14. The Labute approximate surface area is 113 Å². The Hall–Kier alpha value is -1.42. The number of aliphatic hydroxyl groups is 1. The fraction of sp³-hybridized carbons (Fsp3) is 0.533. The lowest BCUT2D eigenvalue weighted by molar-refractivity contribution is -0.124. The molecule has 0 bridgehead atoms. The molecule has 2 atom stereocenters. The van der Waals surface area contributed by atoms with E-state index in [9.17, 15) is 9.18 Å². The van der Waals surface area contributed by atoms with Gasteiger partial charge in [0.05, 0.1) is 0 Å². The summed E-state index contributed by atoms with van der Waals surface area (Å²) in [7, 11) is 0. The molecule has 0 saturated carbocycles. The molecule has 0 saturated heterocycles. The molecule has 1 rings (SSSR count). The van der Waals surface area contributed by atoms with Gasteiger partial charge in [0, 0.05) is 19.1 Å². The molecule has 3 nitrogen and oxygen atoms in total. The molecule has 0 aliphatic heterocycles. The van der Waals surface area contributed by atoms with Crippen molar-refractivity contribution in [2.75, 3.05) is 13.2 Å². The zero-order valence-electron chi connectivity index (χ0n) is 11.5. The maximum absolute atomic E-state index is 13.5. The van der Waals surface area contributed by atoms with Gasteiger partial charge in [0.15, 0.2) is 0 Å². The van der Waals surface area contributed by atoms with E-state index >= 15 is 0 Å². The molecule has 1 amide bonds. The molecule has 0 aliphatic carbocycles. The molecule has 2 N–H and O–H groups in total. The number of amides is 1. The first-order valence-corrected chi connectivity index (χ1v) is 6.66. The van der Waals surface area contributed by atoms with Crippen molar-refractivity contribution < 1.29 is 14.3 Å². The number of benzene rings is 1. The zero-order valence-corrected chi connectivity index (χ0v) is 11.5. The van der Waals surface area contributed by atoms with Crippen molar-refractivity contribution in [2.45, 2.75) is 26.7 Å². The number of hydrogen-bond acceptors (Lipinski definition) is 2. The maximum atomic E-state index is 13.5. The summed E-state index contributed by atoms with van der Waals surface area (Å²) in [6.07, 6.45) is 1.06. The molecule has 0 heterocycles. The standard InChI is InChI=1S/C15H22FNO2/c1-11(7-8-18)10-17-15(19)12(2)9-13-5-3-4-6-14(13)16/h3-6,11-12,18H,7-10H2,1-2H3,(H,17,19). The molecular weight excluding hydrogens is 245 g/mol. The molecule has 0 aliphatic rings. The van der Waals surface area contributed by atoms with Crippen molar-refractivity contribution in [3.63, 3.8) is 0 Å². The summed E-state index contributed by atoms with van der Waals surface area (Å²) >= 11 is 0. The van der Waals surface area contributed by atoms with Crippen LogP contribution in [-0.4, -0.2) is 24.2 Å². The zero-order chi connectivity index (χ0) is 14.3. The van der Waals surface area contributed by atoms with E-state index in [4.69, 9.17) is 5.11 Å². The first-order valence-electron chi connectivity index (χ1n) is 6.66.